The molecule has 0 N–H and O–H groups in total. The van der Waals surface area contributed by atoms with Gasteiger partial charge in [0.05, 0.1) is 31.0 Å². The van der Waals surface area contributed by atoms with E-state index in [0.29, 0.717) is 6.61 Å². The summed E-state index contributed by atoms with van der Waals surface area (Å²) in [5, 5.41) is 0. The zero-order valence-corrected chi connectivity index (χ0v) is 16.2. The molecule has 1 saturated heterocycles. The molecule has 142 valence electrons. The van der Waals surface area contributed by atoms with Crippen molar-refractivity contribution in [2.24, 2.45) is 4.99 Å². The molecular formula is C25H26N2O. The van der Waals surface area contributed by atoms with Crippen LogP contribution >= 0.6 is 0 Å². The van der Waals surface area contributed by atoms with Gasteiger partial charge in [0.1, 0.15) is 0 Å². The van der Waals surface area contributed by atoms with Crippen LogP contribution in [0.25, 0.3) is 0 Å². The Hall–Kier alpha value is -2.75. The summed E-state index contributed by atoms with van der Waals surface area (Å²) in [6, 6.07) is 31.7. The molecule has 3 aromatic carbocycles. The summed E-state index contributed by atoms with van der Waals surface area (Å²) in [6.45, 7) is 2.40. The van der Waals surface area contributed by atoms with Crippen LogP contribution in [0.3, 0.4) is 0 Å². The van der Waals surface area contributed by atoms with Crippen molar-refractivity contribution < 1.29 is 4.74 Å². The maximum Gasteiger partial charge on any atom is 0.0934 e. The van der Waals surface area contributed by atoms with Gasteiger partial charge in [-0.05, 0) is 12.6 Å². The standard InChI is InChI=1S/C25H26N2O/c1-27-17-18-28-19-23(27)25(22-15-9-4-10-16-22)26-24(20-11-5-2-6-12-20)21-13-7-3-8-14-21/h2-16,23,25H,17-19H2,1H3/t23-,25+/m1/s1. The van der Waals surface area contributed by atoms with E-state index in [2.05, 4.69) is 90.8 Å². The molecule has 28 heavy (non-hydrogen) atoms. The fourth-order valence-corrected chi connectivity index (χ4v) is 3.72. The zero-order valence-electron chi connectivity index (χ0n) is 16.2. The van der Waals surface area contributed by atoms with Gasteiger partial charge in [-0.25, -0.2) is 0 Å². The first kappa shape index (κ1) is 18.6. The molecule has 0 aromatic heterocycles. The van der Waals surface area contributed by atoms with E-state index in [1.165, 1.54) is 5.56 Å². The van der Waals surface area contributed by atoms with Crippen LogP contribution in [0.15, 0.2) is 96.0 Å². The number of nitrogens with zero attached hydrogens (tertiary/aromatic N) is 2. The van der Waals surface area contributed by atoms with E-state index in [4.69, 9.17) is 9.73 Å². The Morgan fingerprint density at radius 2 is 1.39 bits per heavy atom. The SMILES string of the molecule is CN1CCOC[C@@H]1[C@@H](N=C(c1ccccc1)c1ccccc1)c1ccccc1. The largest absolute Gasteiger partial charge is 0.378 e. The Labute approximate surface area is 167 Å². The van der Waals surface area contributed by atoms with E-state index in [-0.39, 0.29) is 12.1 Å². The van der Waals surface area contributed by atoms with Crippen molar-refractivity contribution in [1.82, 2.24) is 4.90 Å². The van der Waals surface area contributed by atoms with Gasteiger partial charge in [0.2, 0.25) is 0 Å². The van der Waals surface area contributed by atoms with Gasteiger partial charge in [0.25, 0.3) is 0 Å². The fraction of sp³-hybridized carbons (Fsp3) is 0.240. The summed E-state index contributed by atoms with van der Waals surface area (Å²) < 4.78 is 5.84. The summed E-state index contributed by atoms with van der Waals surface area (Å²) in [6.07, 6.45) is 0. The monoisotopic (exact) mass is 370 g/mol. The van der Waals surface area contributed by atoms with Crippen LogP contribution in [-0.2, 0) is 4.74 Å². The highest BCUT2D eigenvalue weighted by Crippen LogP contribution is 2.28. The molecule has 1 fully saturated rings. The minimum Gasteiger partial charge on any atom is -0.378 e. The van der Waals surface area contributed by atoms with Crippen molar-refractivity contribution in [3.05, 3.63) is 108 Å². The number of likely N-dealkylation sites (N-methyl/N-ethyl adjacent to an activating group) is 1. The summed E-state index contributed by atoms with van der Waals surface area (Å²) in [5.41, 5.74) is 4.51. The fourth-order valence-electron chi connectivity index (χ4n) is 3.72. The van der Waals surface area contributed by atoms with E-state index in [1.54, 1.807) is 0 Å². The Balaban J connectivity index is 1.83. The first-order valence-corrected chi connectivity index (χ1v) is 9.84. The number of benzene rings is 3. The Morgan fingerprint density at radius 1 is 0.857 bits per heavy atom. The molecule has 3 aromatic rings. The molecule has 3 nitrogen and oxygen atoms in total. The van der Waals surface area contributed by atoms with E-state index in [0.717, 1.165) is 30.0 Å². The number of rotatable bonds is 5. The molecule has 1 aliphatic rings. The topological polar surface area (TPSA) is 24.8 Å². The smallest absolute Gasteiger partial charge is 0.0934 e. The average molecular weight is 370 g/mol. The first-order chi connectivity index (χ1) is 13.8. The molecule has 3 heteroatoms. The van der Waals surface area contributed by atoms with Crippen LogP contribution in [0, 0.1) is 0 Å². The van der Waals surface area contributed by atoms with Gasteiger partial charge in [-0.1, -0.05) is 91.0 Å². The molecule has 0 spiro atoms. The lowest BCUT2D eigenvalue weighted by molar-refractivity contribution is -0.00350. The van der Waals surface area contributed by atoms with Gasteiger partial charge in [0, 0.05) is 17.7 Å². The maximum atomic E-state index is 5.84. The summed E-state index contributed by atoms with van der Waals surface area (Å²) in [5.74, 6) is 0. The number of morpholine rings is 1. The maximum absolute atomic E-state index is 5.84. The normalized spacial score (nSPS) is 18.4. The third-order valence-corrected chi connectivity index (χ3v) is 5.31. The molecule has 1 heterocycles. The molecular weight excluding hydrogens is 344 g/mol. The molecule has 0 amide bonds. The van der Waals surface area contributed by atoms with Gasteiger partial charge < -0.3 is 4.74 Å². The number of hydrogen-bond acceptors (Lipinski definition) is 3. The lowest BCUT2D eigenvalue weighted by Gasteiger charge is -2.36. The van der Waals surface area contributed by atoms with Crippen molar-refractivity contribution >= 4 is 5.71 Å². The second kappa shape index (κ2) is 8.96. The van der Waals surface area contributed by atoms with Crippen LogP contribution in [-0.4, -0.2) is 43.5 Å². The van der Waals surface area contributed by atoms with Gasteiger partial charge in [-0.2, -0.15) is 0 Å². The highest BCUT2D eigenvalue weighted by Gasteiger charge is 2.30. The minimum atomic E-state index is 0.00177. The molecule has 0 bridgehead atoms. The number of aliphatic imine (C=N–C) groups is 1. The third kappa shape index (κ3) is 4.22. The number of ether oxygens (including phenoxy) is 1. The summed E-state index contributed by atoms with van der Waals surface area (Å²) in [7, 11) is 2.17. The number of hydrogen-bond donors (Lipinski definition) is 0. The highest BCUT2D eigenvalue weighted by atomic mass is 16.5. The molecule has 0 radical (unpaired) electrons. The summed E-state index contributed by atoms with van der Waals surface area (Å²) in [4.78, 5) is 7.73. The Bertz CT molecular complexity index is 852. The van der Waals surface area contributed by atoms with Crippen LogP contribution in [0.5, 0.6) is 0 Å². The van der Waals surface area contributed by atoms with Crippen LogP contribution in [0.4, 0.5) is 0 Å². The van der Waals surface area contributed by atoms with Crippen molar-refractivity contribution in [1.29, 1.82) is 0 Å². The minimum absolute atomic E-state index is 0.00177. The lowest BCUT2D eigenvalue weighted by Crippen LogP contribution is -2.46. The average Bonchev–Trinajstić information content (AvgIpc) is 2.77. The van der Waals surface area contributed by atoms with Crippen LogP contribution < -0.4 is 0 Å². The van der Waals surface area contributed by atoms with E-state index in [1.807, 2.05) is 12.1 Å². The molecule has 0 unspecified atom stereocenters. The summed E-state index contributed by atoms with van der Waals surface area (Å²) >= 11 is 0. The third-order valence-electron chi connectivity index (χ3n) is 5.31. The van der Waals surface area contributed by atoms with Gasteiger partial charge in [0.15, 0.2) is 0 Å². The second-order valence-electron chi connectivity index (χ2n) is 7.19. The van der Waals surface area contributed by atoms with Crippen molar-refractivity contribution in [2.45, 2.75) is 12.1 Å². The Kier molecular flexibility index (Phi) is 5.95. The quantitative estimate of drug-likeness (QED) is 0.614. The predicted molar refractivity (Wildman–Crippen MR) is 115 cm³/mol. The van der Waals surface area contributed by atoms with Gasteiger partial charge in [-0.3, -0.25) is 9.89 Å². The van der Waals surface area contributed by atoms with Crippen molar-refractivity contribution in [3.63, 3.8) is 0 Å². The van der Waals surface area contributed by atoms with E-state index < -0.39 is 0 Å². The van der Waals surface area contributed by atoms with Crippen molar-refractivity contribution in [2.75, 3.05) is 26.8 Å². The lowest BCUT2D eigenvalue weighted by atomic mass is 9.96. The zero-order chi connectivity index (χ0) is 19.2. The molecule has 2 atom stereocenters. The van der Waals surface area contributed by atoms with Gasteiger partial charge >= 0.3 is 0 Å². The van der Waals surface area contributed by atoms with Gasteiger partial charge in [-0.15, -0.1) is 0 Å². The molecule has 4 rings (SSSR count). The predicted octanol–water partition coefficient (Wildman–Crippen LogP) is 4.60. The van der Waals surface area contributed by atoms with E-state index in [9.17, 15) is 0 Å². The van der Waals surface area contributed by atoms with Crippen LogP contribution in [0.2, 0.25) is 0 Å². The first-order valence-electron chi connectivity index (χ1n) is 9.84. The van der Waals surface area contributed by atoms with E-state index >= 15 is 0 Å². The highest BCUT2D eigenvalue weighted by molar-refractivity contribution is 6.13. The molecule has 1 aliphatic heterocycles. The van der Waals surface area contributed by atoms with Crippen LogP contribution in [0.1, 0.15) is 22.7 Å². The van der Waals surface area contributed by atoms with Crippen molar-refractivity contribution in [3.8, 4) is 0 Å². The molecule has 0 saturated carbocycles. The second-order valence-corrected chi connectivity index (χ2v) is 7.19. The molecule has 0 aliphatic carbocycles. The Morgan fingerprint density at radius 3 is 1.93 bits per heavy atom.